The Morgan fingerprint density at radius 3 is 2.89 bits per heavy atom. The average molecular weight is 246 g/mol. The van der Waals surface area contributed by atoms with Crippen LogP contribution in [0.3, 0.4) is 0 Å². The largest absolute Gasteiger partial charge is 0.335 e. The van der Waals surface area contributed by atoms with E-state index in [0.29, 0.717) is 6.42 Å². The molecule has 1 aromatic rings. The molecule has 1 heterocycles. The smallest absolute Gasteiger partial charge is 0.227 e. The predicted molar refractivity (Wildman–Crippen MR) is 73.5 cm³/mol. The van der Waals surface area contributed by atoms with Crippen LogP contribution in [0.2, 0.25) is 0 Å². The number of carbonyl (C=O) groups excluding carboxylic acids is 1. The summed E-state index contributed by atoms with van der Waals surface area (Å²) in [6, 6.07) is 8.19. The highest BCUT2D eigenvalue weighted by molar-refractivity contribution is 5.79. The highest BCUT2D eigenvalue weighted by atomic mass is 16.2. The van der Waals surface area contributed by atoms with Gasteiger partial charge in [-0.3, -0.25) is 4.79 Å². The molecule has 1 aliphatic rings. The van der Waals surface area contributed by atoms with Crippen molar-refractivity contribution in [2.24, 2.45) is 0 Å². The van der Waals surface area contributed by atoms with Crippen LogP contribution in [0.1, 0.15) is 25.0 Å². The third-order valence-corrected chi connectivity index (χ3v) is 3.54. The summed E-state index contributed by atoms with van der Waals surface area (Å²) in [6.45, 7) is 8.86. The van der Waals surface area contributed by atoms with E-state index in [1.807, 2.05) is 17.0 Å². The van der Waals surface area contributed by atoms with Gasteiger partial charge in [0.25, 0.3) is 0 Å². The lowest BCUT2D eigenvalue weighted by molar-refractivity contribution is -0.136. The van der Waals surface area contributed by atoms with E-state index in [9.17, 15) is 4.79 Å². The first-order chi connectivity index (χ1) is 8.49. The molecule has 1 N–H and O–H groups in total. The molecule has 98 valence electrons. The Morgan fingerprint density at radius 1 is 1.44 bits per heavy atom. The summed E-state index contributed by atoms with van der Waals surface area (Å²) in [4.78, 5) is 14.4. The van der Waals surface area contributed by atoms with E-state index in [2.05, 4.69) is 38.2 Å². The van der Waals surface area contributed by atoms with Crippen molar-refractivity contribution >= 4 is 5.91 Å². The Hall–Kier alpha value is -1.35. The summed E-state index contributed by atoms with van der Waals surface area (Å²) in [7, 11) is 0. The van der Waals surface area contributed by atoms with Crippen molar-refractivity contribution in [2.75, 3.05) is 19.6 Å². The van der Waals surface area contributed by atoms with Crippen LogP contribution in [0.25, 0.3) is 0 Å². The second-order valence-corrected chi connectivity index (χ2v) is 5.70. The van der Waals surface area contributed by atoms with Crippen LogP contribution in [0.5, 0.6) is 0 Å². The SMILES string of the molecule is Cc1cccc(CC(=O)N2CCNCC2(C)C)c1. The number of amides is 1. The molecular formula is C15H22N2O. The molecule has 0 saturated carbocycles. The van der Waals surface area contributed by atoms with E-state index in [1.165, 1.54) is 5.56 Å². The predicted octanol–water partition coefficient (Wildman–Crippen LogP) is 1.75. The summed E-state index contributed by atoms with van der Waals surface area (Å²) >= 11 is 0. The minimum absolute atomic E-state index is 0.0842. The number of nitrogens with one attached hydrogen (secondary N) is 1. The third kappa shape index (κ3) is 2.91. The lowest BCUT2D eigenvalue weighted by Gasteiger charge is -2.43. The van der Waals surface area contributed by atoms with Gasteiger partial charge in [0.2, 0.25) is 5.91 Å². The molecule has 0 aromatic heterocycles. The Labute approximate surface area is 109 Å². The number of piperazine rings is 1. The Bertz CT molecular complexity index is 440. The molecule has 0 bridgehead atoms. The fraction of sp³-hybridized carbons (Fsp3) is 0.533. The van der Waals surface area contributed by atoms with Crippen LogP contribution in [-0.2, 0) is 11.2 Å². The molecule has 0 atom stereocenters. The normalized spacial score (nSPS) is 18.7. The molecule has 1 aromatic carbocycles. The zero-order valence-electron chi connectivity index (χ0n) is 11.5. The molecular weight excluding hydrogens is 224 g/mol. The number of carbonyl (C=O) groups is 1. The van der Waals surface area contributed by atoms with Crippen LogP contribution < -0.4 is 5.32 Å². The van der Waals surface area contributed by atoms with E-state index in [-0.39, 0.29) is 11.4 Å². The van der Waals surface area contributed by atoms with Crippen molar-refractivity contribution in [1.82, 2.24) is 10.2 Å². The van der Waals surface area contributed by atoms with Crippen LogP contribution in [0, 0.1) is 6.92 Å². The van der Waals surface area contributed by atoms with Gasteiger partial charge in [0.1, 0.15) is 0 Å². The third-order valence-electron chi connectivity index (χ3n) is 3.54. The summed E-state index contributed by atoms with van der Waals surface area (Å²) in [5.41, 5.74) is 2.23. The summed E-state index contributed by atoms with van der Waals surface area (Å²) in [5, 5.41) is 3.34. The molecule has 1 fully saturated rings. The maximum Gasteiger partial charge on any atom is 0.227 e. The number of hydrogen-bond donors (Lipinski definition) is 1. The van der Waals surface area contributed by atoms with Crippen LogP contribution in [0.15, 0.2) is 24.3 Å². The number of rotatable bonds is 2. The second kappa shape index (κ2) is 5.11. The van der Waals surface area contributed by atoms with Crippen molar-refractivity contribution in [3.05, 3.63) is 35.4 Å². The molecule has 0 radical (unpaired) electrons. The Kier molecular flexibility index (Phi) is 3.71. The van der Waals surface area contributed by atoms with Gasteiger partial charge in [-0.25, -0.2) is 0 Å². The lowest BCUT2D eigenvalue weighted by Crippen LogP contribution is -2.60. The number of benzene rings is 1. The molecule has 3 heteroatoms. The van der Waals surface area contributed by atoms with Gasteiger partial charge in [-0.15, -0.1) is 0 Å². The quantitative estimate of drug-likeness (QED) is 0.862. The fourth-order valence-electron chi connectivity index (χ4n) is 2.54. The van der Waals surface area contributed by atoms with Gasteiger partial charge in [-0.05, 0) is 26.3 Å². The second-order valence-electron chi connectivity index (χ2n) is 5.70. The Morgan fingerprint density at radius 2 is 2.22 bits per heavy atom. The molecule has 0 spiro atoms. The lowest BCUT2D eigenvalue weighted by atomic mass is 9.98. The molecule has 1 aliphatic heterocycles. The topological polar surface area (TPSA) is 32.3 Å². The maximum absolute atomic E-state index is 12.4. The average Bonchev–Trinajstić information content (AvgIpc) is 2.28. The molecule has 1 amide bonds. The van der Waals surface area contributed by atoms with E-state index in [0.717, 1.165) is 25.2 Å². The molecule has 0 unspecified atom stereocenters. The molecule has 0 aliphatic carbocycles. The van der Waals surface area contributed by atoms with E-state index < -0.39 is 0 Å². The molecule has 1 saturated heterocycles. The van der Waals surface area contributed by atoms with Crippen molar-refractivity contribution in [2.45, 2.75) is 32.7 Å². The van der Waals surface area contributed by atoms with Crippen LogP contribution in [-0.4, -0.2) is 36.0 Å². The van der Waals surface area contributed by atoms with Crippen LogP contribution >= 0.6 is 0 Å². The van der Waals surface area contributed by atoms with Gasteiger partial charge in [0, 0.05) is 25.2 Å². The van der Waals surface area contributed by atoms with E-state index in [4.69, 9.17) is 0 Å². The zero-order chi connectivity index (χ0) is 13.2. The first-order valence-electron chi connectivity index (χ1n) is 6.56. The van der Waals surface area contributed by atoms with Gasteiger partial charge >= 0.3 is 0 Å². The fourth-order valence-corrected chi connectivity index (χ4v) is 2.54. The highest BCUT2D eigenvalue weighted by Gasteiger charge is 2.32. The van der Waals surface area contributed by atoms with E-state index >= 15 is 0 Å². The molecule has 2 rings (SSSR count). The molecule has 18 heavy (non-hydrogen) atoms. The zero-order valence-corrected chi connectivity index (χ0v) is 11.5. The molecule has 3 nitrogen and oxygen atoms in total. The summed E-state index contributed by atoms with van der Waals surface area (Å²) < 4.78 is 0. The van der Waals surface area contributed by atoms with Gasteiger partial charge in [-0.1, -0.05) is 29.8 Å². The Balaban J connectivity index is 2.07. The first-order valence-corrected chi connectivity index (χ1v) is 6.56. The summed E-state index contributed by atoms with van der Waals surface area (Å²) in [6.07, 6.45) is 0.505. The number of nitrogens with zero attached hydrogens (tertiary/aromatic N) is 1. The van der Waals surface area contributed by atoms with Gasteiger partial charge in [0.05, 0.1) is 6.42 Å². The maximum atomic E-state index is 12.4. The minimum atomic E-state index is -0.0842. The van der Waals surface area contributed by atoms with Crippen molar-refractivity contribution < 1.29 is 4.79 Å². The van der Waals surface area contributed by atoms with Gasteiger partial charge in [-0.2, -0.15) is 0 Å². The van der Waals surface area contributed by atoms with E-state index in [1.54, 1.807) is 0 Å². The van der Waals surface area contributed by atoms with Crippen LogP contribution in [0.4, 0.5) is 0 Å². The van der Waals surface area contributed by atoms with Gasteiger partial charge < -0.3 is 10.2 Å². The minimum Gasteiger partial charge on any atom is -0.335 e. The number of hydrogen-bond acceptors (Lipinski definition) is 2. The van der Waals surface area contributed by atoms with Gasteiger partial charge in [0.15, 0.2) is 0 Å². The van der Waals surface area contributed by atoms with Crippen molar-refractivity contribution in [3.63, 3.8) is 0 Å². The standard InChI is InChI=1S/C15H22N2O/c1-12-5-4-6-13(9-12)10-14(18)17-8-7-16-11-15(17,2)3/h4-6,9,16H,7-8,10-11H2,1-3H3. The number of aryl methyl sites for hydroxylation is 1. The first kappa shape index (κ1) is 13.1. The monoisotopic (exact) mass is 246 g/mol. The highest BCUT2D eigenvalue weighted by Crippen LogP contribution is 2.18. The van der Waals surface area contributed by atoms with Crippen molar-refractivity contribution in [1.29, 1.82) is 0 Å². The van der Waals surface area contributed by atoms with Crippen molar-refractivity contribution in [3.8, 4) is 0 Å². The summed E-state index contributed by atoms with van der Waals surface area (Å²) in [5.74, 6) is 0.229.